The van der Waals surface area contributed by atoms with Gasteiger partial charge in [-0.2, -0.15) is 0 Å². The van der Waals surface area contributed by atoms with Crippen molar-refractivity contribution in [1.29, 1.82) is 0 Å². The summed E-state index contributed by atoms with van der Waals surface area (Å²) in [6.45, 7) is 7.82. The third kappa shape index (κ3) is 4.12. The molecule has 2 atom stereocenters. The maximum absolute atomic E-state index is 11.7. The van der Waals surface area contributed by atoms with Gasteiger partial charge in [-0.1, -0.05) is 12.1 Å². The molecular weight excluding hydrogens is 323 g/mol. The minimum absolute atomic E-state index is 0. The van der Waals surface area contributed by atoms with Crippen molar-refractivity contribution in [3.8, 4) is 0 Å². The zero-order valence-electron chi connectivity index (χ0n) is 13.2. The first kappa shape index (κ1) is 20.7. The van der Waals surface area contributed by atoms with E-state index in [9.17, 15) is 4.79 Å². The number of benzene rings is 1. The number of amides is 1. The van der Waals surface area contributed by atoms with Gasteiger partial charge >= 0.3 is 0 Å². The summed E-state index contributed by atoms with van der Waals surface area (Å²) in [7, 11) is 0. The van der Waals surface area contributed by atoms with E-state index in [1.54, 1.807) is 6.92 Å². The van der Waals surface area contributed by atoms with Crippen LogP contribution in [0.1, 0.15) is 45.6 Å². The van der Waals surface area contributed by atoms with Crippen LogP contribution in [0.3, 0.4) is 0 Å². The van der Waals surface area contributed by atoms with E-state index in [2.05, 4.69) is 28.7 Å². The summed E-state index contributed by atoms with van der Waals surface area (Å²) in [6.07, 6.45) is 0. The van der Waals surface area contributed by atoms with Crippen LogP contribution in [0, 0.1) is 0 Å². The highest BCUT2D eigenvalue weighted by Crippen LogP contribution is 2.24. The number of halogens is 2. The molecule has 0 bridgehead atoms. The molecule has 0 spiro atoms. The van der Waals surface area contributed by atoms with Crippen LogP contribution in [-0.4, -0.2) is 21.5 Å². The minimum atomic E-state index is -0.519. The first-order valence-corrected chi connectivity index (χ1v) is 6.94. The molecule has 0 aliphatic carbocycles. The molecule has 5 nitrogen and oxygen atoms in total. The van der Waals surface area contributed by atoms with Gasteiger partial charge in [0.15, 0.2) is 0 Å². The van der Waals surface area contributed by atoms with Crippen molar-refractivity contribution in [2.45, 2.75) is 45.8 Å². The molecule has 124 valence electrons. The Kier molecular flexibility index (Phi) is 7.87. The smallest absolute Gasteiger partial charge is 0.237 e. The molecule has 3 N–H and O–H groups in total. The van der Waals surface area contributed by atoms with Crippen LogP contribution in [0.15, 0.2) is 24.3 Å². The molecule has 0 radical (unpaired) electrons. The summed E-state index contributed by atoms with van der Waals surface area (Å²) >= 11 is 0. The molecule has 1 heterocycles. The molecule has 7 heteroatoms. The van der Waals surface area contributed by atoms with E-state index in [0.717, 1.165) is 16.9 Å². The molecule has 1 aromatic heterocycles. The number of nitrogens with one attached hydrogen (secondary N) is 1. The highest BCUT2D eigenvalue weighted by molar-refractivity contribution is 5.85. The number of nitrogens with zero attached hydrogens (tertiary/aromatic N) is 2. The van der Waals surface area contributed by atoms with Crippen LogP contribution in [0.25, 0.3) is 11.0 Å². The molecule has 0 aliphatic rings. The number of para-hydroxylation sites is 2. The van der Waals surface area contributed by atoms with E-state index in [0.29, 0.717) is 0 Å². The molecule has 0 aliphatic heterocycles. The summed E-state index contributed by atoms with van der Waals surface area (Å²) < 4.78 is 2.15. The fourth-order valence-corrected chi connectivity index (χ4v) is 2.32. The number of hydrogen-bond acceptors (Lipinski definition) is 3. The van der Waals surface area contributed by atoms with Crippen molar-refractivity contribution < 1.29 is 4.79 Å². The van der Waals surface area contributed by atoms with Crippen LogP contribution in [-0.2, 0) is 4.79 Å². The molecule has 2 aromatic rings. The molecular formula is C15H24Cl2N4O. The fourth-order valence-electron chi connectivity index (χ4n) is 2.32. The Labute approximate surface area is 143 Å². The Morgan fingerprint density at radius 2 is 1.77 bits per heavy atom. The number of carbonyl (C=O) groups excluding carboxylic acids is 1. The zero-order chi connectivity index (χ0) is 14.9. The molecule has 1 aromatic carbocycles. The van der Waals surface area contributed by atoms with Gasteiger partial charge in [-0.05, 0) is 39.8 Å². The Balaban J connectivity index is 0.00000220. The summed E-state index contributed by atoms with van der Waals surface area (Å²) in [6, 6.07) is 7.57. The van der Waals surface area contributed by atoms with Gasteiger partial charge in [-0.25, -0.2) is 4.98 Å². The van der Waals surface area contributed by atoms with E-state index < -0.39 is 6.04 Å². The average Bonchev–Trinajstić information content (AvgIpc) is 2.77. The predicted molar refractivity (Wildman–Crippen MR) is 94.8 cm³/mol. The average molecular weight is 347 g/mol. The lowest BCUT2D eigenvalue weighted by Crippen LogP contribution is -2.40. The number of rotatable bonds is 4. The van der Waals surface area contributed by atoms with Gasteiger partial charge in [-0.15, -0.1) is 24.8 Å². The third-order valence-corrected chi connectivity index (χ3v) is 3.30. The van der Waals surface area contributed by atoms with Crippen molar-refractivity contribution in [2.75, 3.05) is 0 Å². The topological polar surface area (TPSA) is 72.9 Å². The quantitative estimate of drug-likeness (QED) is 0.893. The molecule has 22 heavy (non-hydrogen) atoms. The molecule has 2 unspecified atom stereocenters. The second-order valence-electron chi connectivity index (χ2n) is 5.44. The van der Waals surface area contributed by atoms with Crippen LogP contribution in [0.2, 0.25) is 0 Å². The van der Waals surface area contributed by atoms with Crippen LogP contribution in [0.4, 0.5) is 0 Å². The van der Waals surface area contributed by atoms with E-state index in [-0.39, 0.29) is 42.8 Å². The SMILES string of the molecule is CC(N)C(=O)NC(C)c1nc2ccccc2n1C(C)C.Cl.Cl. The summed E-state index contributed by atoms with van der Waals surface area (Å²) in [5.41, 5.74) is 7.62. The summed E-state index contributed by atoms with van der Waals surface area (Å²) in [5.74, 6) is 0.690. The van der Waals surface area contributed by atoms with Gasteiger partial charge in [0.05, 0.1) is 23.1 Å². The lowest BCUT2D eigenvalue weighted by Gasteiger charge is -2.19. The molecule has 0 fully saturated rings. The number of carbonyl (C=O) groups is 1. The minimum Gasteiger partial charge on any atom is -0.345 e. The van der Waals surface area contributed by atoms with Crippen molar-refractivity contribution >= 4 is 41.8 Å². The van der Waals surface area contributed by atoms with E-state index in [1.165, 1.54) is 0 Å². The molecule has 0 saturated carbocycles. The second-order valence-corrected chi connectivity index (χ2v) is 5.44. The van der Waals surface area contributed by atoms with Crippen molar-refractivity contribution in [2.24, 2.45) is 5.73 Å². The summed E-state index contributed by atoms with van der Waals surface area (Å²) in [5, 5.41) is 2.90. The number of fused-ring (bicyclic) bond motifs is 1. The van der Waals surface area contributed by atoms with Gasteiger partial charge < -0.3 is 15.6 Å². The molecule has 0 saturated heterocycles. The Morgan fingerprint density at radius 3 is 2.32 bits per heavy atom. The van der Waals surface area contributed by atoms with Crippen LogP contribution >= 0.6 is 24.8 Å². The van der Waals surface area contributed by atoms with Gasteiger partial charge in [0.2, 0.25) is 5.91 Å². The van der Waals surface area contributed by atoms with Crippen molar-refractivity contribution in [3.63, 3.8) is 0 Å². The van der Waals surface area contributed by atoms with Gasteiger partial charge in [-0.3, -0.25) is 4.79 Å². The standard InChI is InChI=1S/C15H22N4O.2ClH/c1-9(2)19-13-8-6-5-7-12(13)18-14(19)11(4)17-15(20)10(3)16;;/h5-11H,16H2,1-4H3,(H,17,20);2*1H. The first-order chi connectivity index (χ1) is 9.41. The normalized spacial score (nSPS) is 13.2. The third-order valence-electron chi connectivity index (χ3n) is 3.30. The van der Waals surface area contributed by atoms with Crippen molar-refractivity contribution in [3.05, 3.63) is 30.1 Å². The van der Waals surface area contributed by atoms with E-state index in [4.69, 9.17) is 5.73 Å². The Hall–Kier alpha value is -1.30. The largest absolute Gasteiger partial charge is 0.345 e. The second kappa shape index (κ2) is 8.36. The number of aromatic nitrogens is 2. The predicted octanol–water partition coefficient (Wildman–Crippen LogP) is 2.99. The maximum Gasteiger partial charge on any atom is 0.237 e. The lowest BCUT2D eigenvalue weighted by atomic mass is 10.2. The Morgan fingerprint density at radius 1 is 1.18 bits per heavy atom. The van der Waals surface area contributed by atoms with Crippen molar-refractivity contribution in [1.82, 2.24) is 14.9 Å². The maximum atomic E-state index is 11.7. The summed E-state index contributed by atoms with van der Waals surface area (Å²) in [4.78, 5) is 16.4. The van der Waals surface area contributed by atoms with Gasteiger partial charge in [0, 0.05) is 6.04 Å². The highest BCUT2D eigenvalue weighted by atomic mass is 35.5. The van der Waals surface area contributed by atoms with E-state index >= 15 is 0 Å². The van der Waals surface area contributed by atoms with Crippen LogP contribution < -0.4 is 11.1 Å². The molecule has 2 rings (SSSR count). The number of nitrogens with two attached hydrogens (primary N) is 1. The number of hydrogen-bond donors (Lipinski definition) is 2. The lowest BCUT2D eigenvalue weighted by molar-refractivity contribution is -0.122. The monoisotopic (exact) mass is 346 g/mol. The number of imidazole rings is 1. The van der Waals surface area contributed by atoms with Gasteiger partial charge in [0.25, 0.3) is 0 Å². The zero-order valence-corrected chi connectivity index (χ0v) is 14.9. The Bertz CT molecular complexity index is 625. The highest BCUT2D eigenvalue weighted by Gasteiger charge is 2.20. The van der Waals surface area contributed by atoms with Gasteiger partial charge in [0.1, 0.15) is 5.82 Å². The van der Waals surface area contributed by atoms with Crippen LogP contribution in [0.5, 0.6) is 0 Å². The first-order valence-electron chi connectivity index (χ1n) is 6.94. The molecule has 1 amide bonds. The van der Waals surface area contributed by atoms with E-state index in [1.807, 2.05) is 31.2 Å². The fraction of sp³-hybridized carbons (Fsp3) is 0.467.